The molecule has 2 heterocycles. The first-order valence-electron chi connectivity index (χ1n) is 9.33. The molecule has 1 aromatic carbocycles. The second-order valence-electron chi connectivity index (χ2n) is 7.18. The zero-order valence-corrected chi connectivity index (χ0v) is 17.5. The number of benzene rings is 1. The molecule has 1 amide bonds. The molecule has 0 fully saturated rings. The van der Waals surface area contributed by atoms with E-state index in [-0.39, 0.29) is 16.8 Å². The van der Waals surface area contributed by atoms with Crippen molar-refractivity contribution in [3.63, 3.8) is 0 Å². The molecule has 0 spiro atoms. The first kappa shape index (κ1) is 21.2. The van der Waals surface area contributed by atoms with Crippen LogP contribution in [0.25, 0.3) is 0 Å². The Labute approximate surface area is 175 Å². The van der Waals surface area contributed by atoms with Crippen LogP contribution in [0.4, 0.5) is 0 Å². The van der Waals surface area contributed by atoms with Crippen LogP contribution >= 0.6 is 11.6 Å². The van der Waals surface area contributed by atoms with E-state index in [9.17, 15) is 9.59 Å². The number of likely N-dealkylation sites (N-methyl/N-ethyl adjacent to an activating group) is 1. The predicted octanol–water partition coefficient (Wildman–Crippen LogP) is 3.72. The number of aromatic nitrogens is 1. The van der Waals surface area contributed by atoms with Gasteiger partial charge in [-0.2, -0.15) is 0 Å². The second kappa shape index (κ2) is 8.86. The standard InChI is InChI=1S/C22H24ClN2O4/c1-15-21(22(27)29-18-8-10-24-11-9-18)19(16-4-6-17(23)7-5-16)14-20(26)25(15,2)12-13-28-3/h4-11,19H,12-14H2,1-3H3/q+1. The van der Waals surface area contributed by atoms with Gasteiger partial charge in [0.2, 0.25) is 0 Å². The lowest BCUT2D eigenvalue weighted by atomic mass is 9.82. The molecule has 1 aromatic heterocycles. The third kappa shape index (κ3) is 4.40. The third-order valence-electron chi connectivity index (χ3n) is 5.50. The number of esters is 1. The topological polar surface area (TPSA) is 65.5 Å². The molecule has 0 saturated carbocycles. The molecule has 0 radical (unpaired) electrons. The average molecular weight is 416 g/mol. The number of methoxy groups -OCH3 is 1. The molecule has 2 aromatic rings. The number of ether oxygens (including phenoxy) is 2. The van der Waals surface area contributed by atoms with E-state index in [0.29, 0.717) is 35.2 Å². The Bertz CT molecular complexity index is 928. The normalized spacial score (nSPS) is 21.9. The van der Waals surface area contributed by atoms with Crippen molar-refractivity contribution in [3.05, 3.63) is 70.6 Å². The minimum Gasteiger partial charge on any atom is -0.423 e. The number of halogens is 1. The van der Waals surface area contributed by atoms with E-state index in [1.807, 2.05) is 26.1 Å². The quantitative estimate of drug-likeness (QED) is 0.531. The van der Waals surface area contributed by atoms with Crippen LogP contribution in [-0.2, 0) is 14.3 Å². The lowest BCUT2D eigenvalue weighted by molar-refractivity contribution is -0.798. The number of quaternary nitrogens is 1. The highest BCUT2D eigenvalue weighted by molar-refractivity contribution is 6.30. The van der Waals surface area contributed by atoms with Crippen molar-refractivity contribution in [2.45, 2.75) is 19.3 Å². The van der Waals surface area contributed by atoms with Crippen molar-refractivity contribution < 1.29 is 23.5 Å². The van der Waals surface area contributed by atoms with Crippen LogP contribution in [0.5, 0.6) is 5.75 Å². The van der Waals surface area contributed by atoms with Crippen LogP contribution < -0.4 is 4.74 Å². The molecule has 2 unspecified atom stereocenters. The highest BCUT2D eigenvalue weighted by Gasteiger charge is 2.47. The summed E-state index contributed by atoms with van der Waals surface area (Å²) in [6.07, 6.45) is 3.31. The van der Waals surface area contributed by atoms with Gasteiger partial charge in [0, 0.05) is 37.4 Å². The fourth-order valence-corrected chi connectivity index (χ4v) is 3.71. The summed E-state index contributed by atoms with van der Waals surface area (Å²) in [5.41, 5.74) is 2.00. The van der Waals surface area contributed by atoms with Gasteiger partial charge in [0.15, 0.2) is 0 Å². The molecule has 0 bridgehead atoms. The number of allylic oxidation sites excluding steroid dienone is 1. The molecule has 0 aliphatic carbocycles. The Kier molecular flexibility index (Phi) is 6.47. The summed E-state index contributed by atoms with van der Waals surface area (Å²) >= 11 is 6.02. The van der Waals surface area contributed by atoms with Crippen LogP contribution in [-0.4, -0.2) is 48.7 Å². The number of nitrogens with zero attached hydrogens (tertiary/aromatic N) is 2. The van der Waals surface area contributed by atoms with E-state index in [1.54, 1.807) is 43.8 Å². The number of hydrogen-bond donors (Lipinski definition) is 0. The smallest absolute Gasteiger partial charge is 0.345 e. The number of pyridine rings is 1. The Balaban J connectivity index is 2.06. The van der Waals surface area contributed by atoms with E-state index >= 15 is 0 Å². The maximum atomic E-state index is 13.2. The van der Waals surface area contributed by atoms with E-state index in [1.165, 1.54) is 0 Å². The fraction of sp³-hybridized carbons (Fsp3) is 0.318. The minimum absolute atomic E-state index is 0.0126. The summed E-state index contributed by atoms with van der Waals surface area (Å²) in [7, 11) is 3.41. The van der Waals surface area contributed by atoms with Crippen LogP contribution in [0, 0.1) is 0 Å². The van der Waals surface area contributed by atoms with Crippen molar-refractivity contribution >= 4 is 23.5 Å². The third-order valence-corrected chi connectivity index (χ3v) is 5.75. The molecule has 152 valence electrons. The van der Waals surface area contributed by atoms with E-state index in [0.717, 1.165) is 5.56 Å². The van der Waals surface area contributed by atoms with Crippen LogP contribution in [0.2, 0.25) is 5.02 Å². The number of amides is 1. The van der Waals surface area contributed by atoms with Crippen LogP contribution in [0.1, 0.15) is 24.8 Å². The number of rotatable bonds is 6. The van der Waals surface area contributed by atoms with Crippen molar-refractivity contribution in [3.8, 4) is 5.75 Å². The molecule has 6 nitrogen and oxygen atoms in total. The number of carbonyl (C=O) groups excluding carboxylic acids is 2. The minimum atomic E-state index is -0.470. The Morgan fingerprint density at radius 2 is 1.86 bits per heavy atom. The SMILES string of the molecule is COCC[N+]1(C)C(=O)CC(c2ccc(Cl)cc2)C(C(=O)Oc2ccncc2)=C1C. The summed E-state index contributed by atoms with van der Waals surface area (Å²) in [4.78, 5) is 30.3. The molecule has 1 aliphatic rings. The number of carbonyl (C=O) groups is 2. The van der Waals surface area contributed by atoms with E-state index in [2.05, 4.69) is 4.98 Å². The second-order valence-corrected chi connectivity index (χ2v) is 7.62. The van der Waals surface area contributed by atoms with E-state index in [4.69, 9.17) is 21.1 Å². The van der Waals surface area contributed by atoms with Crippen molar-refractivity contribution in [2.75, 3.05) is 27.3 Å². The first-order chi connectivity index (χ1) is 13.9. The summed E-state index contributed by atoms with van der Waals surface area (Å²) < 4.78 is 10.8. The Morgan fingerprint density at radius 3 is 2.48 bits per heavy atom. The van der Waals surface area contributed by atoms with Crippen LogP contribution in [0.3, 0.4) is 0 Å². The lowest BCUT2D eigenvalue weighted by Gasteiger charge is -2.39. The molecule has 2 atom stereocenters. The van der Waals surface area contributed by atoms with Gasteiger partial charge in [-0.1, -0.05) is 23.7 Å². The van der Waals surface area contributed by atoms with Gasteiger partial charge >= 0.3 is 11.9 Å². The highest BCUT2D eigenvalue weighted by Crippen LogP contribution is 2.40. The summed E-state index contributed by atoms with van der Waals surface area (Å²) in [5.74, 6) is -0.436. The van der Waals surface area contributed by atoms with Gasteiger partial charge in [-0.3, -0.25) is 4.98 Å². The monoisotopic (exact) mass is 415 g/mol. The molecule has 7 heteroatoms. The lowest BCUT2D eigenvalue weighted by Crippen LogP contribution is -2.54. The van der Waals surface area contributed by atoms with Crippen molar-refractivity contribution in [1.29, 1.82) is 0 Å². The van der Waals surface area contributed by atoms with Gasteiger partial charge < -0.3 is 9.47 Å². The predicted molar refractivity (Wildman–Crippen MR) is 109 cm³/mol. The fourth-order valence-electron chi connectivity index (χ4n) is 3.59. The van der Waals surface area contributed by atoms with Crippen LogP contribution in [0.15, 0.2) is 60.1 Å². The van der Waals surface area contributed by atoms with Gasteiger partial charge in [-0.25, -0.2) is 14.1 Å². The summed E-state index contributed by atoms with van der Waals surface area (Å²) in [6.45, 7) is 2.66. The highest BCUT2D eigenvalue weighted by atomic mass is 35.5. The molecular weight excluding hydrogens is 392 g/mol. The van der Waals surface area contributed by atoms with E-state index < -0.39 is 11.9 Å². The molecular formula is C22H24ClN2O4+. The molecule has 0 N–H and O–H groups in total. The Hall–Kier alpha value is -2.54. The number of hydrogen-bond acceptors (Lipinski definition) is 5. The zero-order valence-electron chi connectivity index (χ0n) is 16.7. The average Bonchev–Trinajstić information content (AvgIpc) is 2.71. The molecule has 1 aliphatic heterocycles. The van der Waals surface area contributed by atoms with Gasteiger partial charge in [-0.05, 0) is 29.8 Å². The Morgan fingerprint density at radius 1 is 1.21 bits per heavy atom. The van der Waals surface area contributed by atoms with Crippen molar-refractivity contribution in [1.82, 2.24) is 4.98 Å². The molecule has 3 rings (SSSR count). The molecule has 29 heavy (non-hydrogen) atoms. The van der Waals surface area contributed by atoms with Gasteiger partial charge in [0.25, 0.3) is 0 Å². The maximum Gasteiger partial charge on any atom is 0.345 e. The summed E-state index contributed by atoms with van der Waals surface area (Å²) in [5, 5.41) is 0.596. The largest absolute Gasteiger partial charge is 0.423 e. The summed E-state index contributed by atoms with van der Waals surface area (Å²) in [6, 6.07) is 10.5. The first-order valence-corrected chi connectivity index (χ1v) is 9.71. The molecule has 0 saturated heterocycles. The van der Waals surface area contributed by atoms with Gasteiger partial charge in [0.05, 0.1) is 20.1 Å². The van der Waals surface area contributed by atoms with Crippen molar-refractivity contribution in [2.24, 2.45) is 0 Å². The zero-order chi connectivity index (χ0) is 21.0. The maximum absolute atomic E-state index is 13.2. The van der Waals surface area contributed by atoms with Gasteiger partial charge in [-0.15, -0.1) is 0 Å². The van der Waals surface area contributed by atoms with Gasteiger partial charge in [0.1, 0.15) is 23.6 Å².